The summed E-state index contributed by atoms with van der Waals surface area (Å²) in [4.78, 5) is 24.2. The number of ether oxygens (including phenoxy) is 1. The lowest BCUT2D eigenvalue weighted by Gasteiger charge is -2.20. The molecule has 2 fully saturated rings. The summed E-state index contributed by atoms with van der Waals surface area (Å²) in [5.74, 6) is 0.157. The van der Waals surface area contributed by atoms with E-state index in [1.54, 1.807) is 0 Å². The van der Waals surface area contributed by atoms with Crippen molar-refractivity contribution in [2.45, 2.75) is 51.0 Å². The second kappa shape index (κ2) is 7.59. The predicted molar refractivity (Wildman–Crippen MR) is 89.3 cm³/mol. The first-order valence-corrected chi connectivity index (χ1v) is 8.56. The van der Waals surface area contributed by atoms with Gasteiger partial charge in [-0.1, -0.05) is 19.3 Å². The molecule has 1 atom stereocenters. The predicted octanol–water partition coefficient (Wildman–Crippen LogP) is 3.32. The van der Waals surface area contributed by atoms with E-state index in [4.69, 9.17) is 4.74 Å². The van der Waals surface area contributed by atoms with E-state index in [0.717, 1.165) is 49.9 Å². The SMILES string of the molecule is O=C(Nc1ccc(NC(=O)[C@@H]2CCCO2)cc1)C1CCCCC1. The third-order valence-electron chi connectivity index (χ3n) is 4.62. The maximum absolute atomic E-state index is 12.2. The normalized spacial score (nSPS) is 21.8. The average molecular weight is 316 g/mol. The monoisotopic (exact) mass is 316 g/mol. The Bertz CT molecular complexity index is 544. The van der Waals surface area contributed by atoms with Gasteiger partial charge in [-0.15, -0.1) is 0 Å². The minimum Gasteiger partial charge on any atom is -0.368 e. The van der Waals surface area contributed by atoms with Crippen molar-refractivity contribution in [3.05, 3.63) is 24.3 Å². The van der Waals surface area contributed by atoms with Gasteiger partial charge in [0.2, 0.25) is 5.91 Å². The van der Waals surface area contributed by atoms with E-state index in [9.17, 15) is 9.59 Å². The third-order valence-corrected chi connectivity index (χ3v) is 4.62. The molecule has 0 bridgehead atoms. The molecular formula is C18H24N2O3. The van der Waals surface area contributed by atoms with Crippen molar-refractivity contribution in [2.75, 3.05) is 17.2 Å². The second-order valence-corrected chi connectivity index (χ2v) is 6.39. The summed E-state index contributed by atoms with van der Waals surface area (Å²) >= 11 is 0. The van der Waals surface area contributed by atoms with Crippen molar-refractivity contribution in [2.24, 2.45) is 5.92 Å². The fourth-order valence-electron chi connectivity index (χ4n) is 3.25. The van der Waals surface area contributed by atoms with E-state index in [0.29, 0.717) is 6.61 Å². The Morgan fingerprint density at radius 3 is 2.00 bits per heavy atom. The van der Waals surface area contributed by atoms with Crippen molar-refractivity contribution in [3.63, 3.8) is 0 Å². The molecule has 23 heavy (non-hydrogen) atoms. The minimum absolute atomic E-state index is 0.0958. The fourth-order valence-corrected chi connectivity index (χ4v) is 3.25. The largest absolute Gasteiger partial charge is 0.368 e. The van der Waals surface area contributed by atoms with Crippen LogP contribution in [-0.2, 0) is 14.3 Å². The maximum atomic E-state index is 12.2. The molecule has 0 aromatic heterocycles. The lowest BCUT2D eigenvalue weighted by atomic mass is 9.88. The highest BCUT2D eigenvalue weighted by atomic mass is 16.5. The first kappa shape index (κ1) is 16.0. The minimum atomic E-state index is -0.333. The highest BCUT2D eigenvalue weighted by Crippen LogP contribution is 2.25. The maximum Gasteiger partial charge on any atom is 0.253 e. The van der Waals surface area contributed by atoms with E-state index < -0.39 is 0 Å². The van der Waals surface area contributed by atoms with Crippen LogP contribution in [0.2, 0.25) is 0 Å². The molecule has 0 spiro atoms. The van der Waals surface area contributed by atoms with Crippen LogP contribution < -0.4 is 10.6 Å². The van der Waals surface area contributed by atoms with Crippen LogP contribution in [0.5, 0.6) is 0 Å². The third kappa shape index (κ3) is 4.32. The van der Waals surface area contributed by atoms with Gasteiger partial charge in [0.25, 0.3) is 5.91 Å². The smallest absolute Gasteiger partial charge is 0.253 e. The highest BCUT2D eigenvalue weighted by Gasteiger charge is 2.23. The molecule has 1 aliphatic carbocycles. The van der Waals surface area contributed by atoms with Crippen LogP contribution in [0.4, 0.5) is 11.4 Å². The molecule has 1 aromatic rings. The van der Waals surface area contributed by atoms with Crippen LogP contribution in [0.25, 0.3) is 0 Å². The fraction of sp³-hybridized carbons (Fsp3) is 0.556. The molecule has 1 heterocycles. The number of nitrogens with one attached hydrogen (secondary N) is 2. The number of hydrogen-bond donors (Lipinski definition) is 2. The van der Waals surface area contributed by atoms with Gasteiger partial charge in [-0.3, -0.25) is 9.59 Å². The molecule has 124 valence electrons. The van der Waals surface area contributed by atoms with E-state index in [-0.39, 0.29) is 23.8 Å². The van der Waals surface area contributed by atoms with Crippen LogP contribution in [0.15, 0.2) is 24.3 Å². The molecule has 1 saturated heterocycles. The van der Waals surface area contributed by atoms with Gasteiger partial charge in [-0.25, -0.2) is 0 Å². The molecule has 5 heteroatoms. The Labute approximate surface area is 136 Å². The molecular weight excluding hydrogens is 292 g/mol. The summed E-state index contributed by atoms with van der Waals surface area (Å²) in [5, 5.41) is 5.82. The number of carbonyl (C=O) groups is 2. The van der Waals surface area contributed by atoms with E-state index in [2.05, 4.69) is 10.6 Å². The number of rotatable bonds is 4. The Morgan fingerprint density at radius 1 is 0.826 bits per heavy atom. The molecule has 3 rings (SSSR count). The zero-order valence-electron chi connectivity index (χ0n) is 13.3. The quantitative estimate of drug-likeness (QED) is 0.895. The lowest BCUT2D eigenvalue weighted by molar-refractivity contribution is -0.124. The van der Waals surface area contributed by atoms with Gasteiger partial charge in [0, 0.05) is 23.9 Å². The van der Waals surface area contributed by atoms with Crippen LogP contribution in [0.3, 0.4) is 0 Å². The van der Waals surface area contributed by atoms with Crippen LogP contribution in [0, 0.1) is 5.92 Å². The van der Waals surface area contributed by atoms with Gasteiger partial charge >= 0.3 is 0 Å². The van der Waals surface area contributed by atoms with E-state index in [1.807, 2.05) is 24.3 Å². The van der Waals surface area contributed by atoms with Gasteiger partial charge in [-0.05, 0) is 49.9 Å². The summed E-state index contributed by atoms with van der Waals surface area (Å²) in [6.07, 6.45) is 6.89. The van der Waals surface area contributed by atoms with Crippen molar-refractivity contribution < 1.29 is 14.3 Å². The van der Waals surface area contributed by atoms with Crippen molar-refractivity contribution >= 4 is 23.2 Å². The molecule has 1 aromatic carbocycles. The Balaban J connectivity index is 1.52. The van der Waals surface area contributed by atoms with Crippen molar-refractivity contribution in [1.82, 2.24) is 0 Å². The summed E-state index contributed by atoms with van der Waals surface area (Å²) in [6, 6.07) is 7.27. The van der Waals surface area contributed by atoms with Crippen LogP contribution in [0.1, 0.15) is 44.9 Å². The van der Waals surface area contributed by atoms with Crippen molar-refractivity contribution in [1.29, 1.82) is 0 Å². The summed E-state index contributed by atoms with van der Waals surface area (Å²) in [5.41, 5.74) is 1.50. The Morgan fingerprint density at radius 2 is 1.43 bits per heavy atom. The molecule has 2 N–H and O–H groups in total. The number of carbonyl (C=O) groups excluding carboxylic acids is 2. The number of hydrogen-bond acceptors (Lipinski definition) is 3. The van der Waals surface area contributed by atoms with E-state index in [1.165, 1.54) is 6.42 Å². The van der Waals surface area contributed by atoms with Gasteiger partial charge in [-0.2, -0.15) is 0 Å². The number of amides is 2. The molecule has 2 amide bonds. The number of benzene rings is 1. The van der Waals surface area contributed by atoms with Gasteiger partial charge in [0.05, 0.1) is 0 Å². The average Bonchev–Trinajstić information content (AvgIpc) is 3.12. The summed E-state index contributed by atoms with van der Waals surface area (Å²) < 4.78 is 5.36. The number of anilines is 2. The zero-order valence-corrected chi connectivity index (χ0v) is 13.3. The first-order chi connectivity index (χ1) is 11.2. The van der Waals surface area contributed by atoms with Gasteiger partial charge in [0.1, 0.15) is 6.10 Å². The van der Waals surface area contributed by atoms with Gasteiger partial charge < -0.3 is 15.4 Å². The lowest BCUT2D eigenvalue weighted by Crippen LogP contribution is -2.27. The standard InChI is InChI=1S/C18H24N2O3/c21-17(13-5-2-1-3-6-13)19-14-8-10-15(11-9-14)20-18(22)16-7-4-12-23-16/h8-11,13,16H,1-7,12H2,(H,19,21)(H,20,22)/t16-/m0/s1. The Hall–Kier alpha value is -1.88. The molecule has 1 aliphatic heterocycles. The Kier molecular flexibility index (Phi) is 5.28. The molecule has 0 radical (unpaired) electrons. The van der Waals surface area contributed by atoms with Crippen molar-refractivity contribution in [3.8, 4) is 0 Å². The molecule has 2 aliphatic rings. The van der Waals surface area contributed by atoms with Crippen LogP contribution in [-0.4, -0.2) is 24.5 Å². The highest BCUT2D eigenvalue weighted by molar-refractivity contribution is 5.95. The molecule has 0 unspecified atom stereocenters. The van der Waals surface area contributed by atoms with Gasteiger partial charge in [0.15, 0.2) is 0 Å². The topological polar surface area (TPSA) is 67.4 Å². The van der Waals surface area contributed by atoms with Crippen LogP contribution >= 0.6 is 0 Å². The second-order valence-electron chi connectivity index (χ2n) is 6.39. The summed E-state index contributed by atoms with van der Waals surface area (Å²) in [6.45, 7) is 0.657. The molecule has 5 nitrogen and oxygen atoms in total. The summed E-state index contributed by atoms with van der Waals surface area (Å²) in [7, 11) is 0. The first-order valence-electron chi connectivity index (χ1n) is 8.56. The van der Waals surface area contributed by atoms with E-state index >= 15 is 0 Å². The zero-order chi connectivity index (χ0) is 16.1. The molecule has 1 saturated carbocycles.